The summed E-state index contributed by atoms with van der Waals surface area (Å²) >= 11 is 0. The lowest BCUT2D eigenvalue weighted by atomic mass is 10.1. The lowest BCUT2D eigenvalue weighted by molar-refractivity contribution is -0.138. The van der Waals surface area contributed by atoms with E-state index in [0.717, 1.165) is 24.3 Å². The molecule has 0 saturated heterocycles. The first-order valence-corrected chi connectivity index (χ1v) is 11.2. The van der Waals surface area contributed by atoms with E-state index in [-0.39, 0.29) is 32.3 Å². The summed E-state index contributed by atoms with van der Waals surface area (Å²) in [6, 6.07) is 9.31. The number of benzene rings is 2. The Bertz CT molecular complexity index is 1340. The molecule has 31 heavy (non-hydrogen) atoms. The van der Waals surface area contributed by atoms with Gasteiger partial charge in [0.05, 0.1) is 15.5 Å². The molecule has 2 aromatic rings. The first-order chi connectivity index (χ1) is 14.4. The molecule has 11 nitrogen and oxygen atoms in total. The summed E-state index contributed by atoms with van der Waals surface area (Å²) in [6.45, 7) is 0. The van der Waals surface area contributed by atoms with E-state index in [4.69, 9.17) is 9.11 Å². The number of aliphatic carboxylic acids is 1. The number of nitrogens with zero attached hydrogens (tertiary/aromatic N) is 2. The molecule has 0 bridgehead atoms. The topological polar surface area (TPSA) is 191 Å². The summed E-state index contributed by atoms with van der Waals surface area (Å²) < 4.78 is 62.4. The molecule has 1 aliphatic carbocycles. The summed E-state index contributed by atoms with van der Waals surface area (Å²) in [6.07, 6.45) is 1.20. The SMILES string of the molecule is O=C(O)C1C=C(c2ccc(S(=O)(=O)O)cc2)C(O)=C1/N=N/c1ccc(S(=O)(=O)O)cc1. The van der Waals surface area contributed by atoms with Crippen LogP contribution in [0.2, 0.25) is 0 Å². The lowest BCUT2D eigenvalue weighted by Gasteiger charge is -2.05. The van der Waals surface area contributed by atoms with Crippen LogP contribution in [0.15, 0.2) is 86.1 Å². The second-order valence-corrected chi connectivity index (χ2v) is 9.14. The molecule has 13 heteroatoms. The molecule has 3 rings (SSSR count). The molecular formula is C18H14N2O9S2. The Hall–Kier alpha value is -3.39. The van der Waals surface area contributed by atoms with Crippen molar-refractivity contribution in [1.82, 2.24) is 0 Å². The molecule has 0 spiro atoms. The fourth-order valence-electron chi connectivity index (χ4n) is 2.74. The number of aliphatic hydroxyl groups excluding tert-OH is 1. The fourth-order valence-corrected chi connectivity index (χ4v) is 3.70. The van der Waals surface area contributed by atoms with Crippen LogP contribution in [0.25, 0.3) is 5.57 Å². The van der Waals surface area contributed by atoms with E-state index in [9.17, 15) is 31.8 Å². The molecule has 2 aromatic carbocycles. The molecule has 0 aliphatic heterocycles. The minimum absolute atomic E-state index is 0.0740. The zero-order valence-electron chi connectivity index (χ0n) is 15.3. The molecule has 0 amide bonds. The lowest BCUT2D eigenvalue weighted by Crippen LogP contribution is -2.10. The van der Waals surface area contributed by atoms with Crippen LogP contribution in [0.3, 0.4) is 0 Å². The quantitative estimate of drug-likeness (QED) is 0.366. The standard InChI is InChI=1S/C18H14N2O9S2/c21-17-14(10-1-5-12(6-2-10)30(24,25)26)9-15(18(22)23)16(17)20-19-11-3-7-13(8-4-11)31(27,28)29/h1-9,15,21H,(H,22,23)(H,24,25,26)(H,27,28,29)/b20-19+. The summed E-state index contributed by atoms with van der Waals surface area (Å²) in [4.78, 5) is 10.8. The van der Waals surface area contributed by atoms with Gasteiger partial charge in [-0.15, -0.1) is 5.11 Å². The molecule has 4 N–H and O–H groups in total. The summed E-state index contributed by atoms with van der Waals surface area (Å²) in [5.41, 5.74) is 0.187. The van der Waals surface area contributed by atoms with Gasteiger partial charge in [0.1, 0.15) is 17.4 Å². The van der Waals surface area contributed by atoms with Gasteiger partial charge in [-0.1, -0.05) is 18.2 Å². The maximum Gasteiger partial charge on any atom is 0.316 e. The van der Waals surface area contributed by atoms with E-state index >= 15 is 0 Å². The van der Waals surface area contributed by atoms with Gasteiger partial charge >= 0.3 is 5.97 Å². The van der Waals surface area contributed by atoms with Crippen LogP contribution in [-0.2, 0) is 25.0 Å². The Balaban J connectivity index is 1.95. The Morgan fingerprint density at radius 1 is 0.806 bits per heavy atom. The Labute approximate surface area is 176 Å². The second-order valence-electron chi connectivity index (χ2n) is 6.30. The molecule has 162 valence electrons. The van der Waals surface area contributed by atoms with Gasteiger partial charge in [-0.2, -0.15) is 21.9 Å². The van der Waals surface area contributed by atoms with Crippen molar-refractivity contribution in [2.45, 2.75) is 9.79 Å². The van der Waals surface area contributed by atoms with Crippen LogP contribution in [0, 0.1) is 5.92 Å². The van der Waals surface area contributed by atoms with Gasteiger partial charge in [-0.25, -0.2) is 0 Å². The monoisotopic (exact) mass is 466 g/mol. The van der Waals surface area contributed by atoms with E-state index in [1.165, 1.54) is 30.3 Å². The summed E-state index contributed by atoms with van der Waals surface area (Å²) in [7, 11) is -8.81. The highest BCUT2D eigenvalue weighted by Gasteiger charge is 2.33. The number of allylic oxidation sites excluding steroid dienone is 1. The third kappa shape index (κ3) is 4.86. The third-order valence-electron chi connectivity index (χ3n) is 4.26. The molecule has 0 saturated carbocycles. The molecule has 0 radical (unpaired) electrons. The maximum atomic E-state index is 11.6. The number of carbonyl (C=O) groups is 1. The second kappa shape index (κ2) is 8.03. The van der Waals surface area contributed by atoms with E-state index < -0.39 is 37.9 Å². The van der Waals surface area contributed by atoms with Crippen LogP contribution >= 0.6 is 0 Å². The normalized spacial score (nSPS) is 17.2. The van der Waals surface area contributed by atoms with Crippen molar-refractivity contribution in [2.24, 2.45) is 16.1 Å². The number of rotatable bonds is 6. The fraction of sp³-hybridized carbons (Fsp3) is 0.0556. The number of hydrogen-bond acceptors (Lipinski definition) is 8. The Kier molecular flexibility index (Phi) is 5.78. The first kappa shape index (κ1) is 22.3. The molecule has 1 atom stereocenters. The van der Waals surface area contributed by atoms with Gasteiger partial charge < -0.3 is 10.2 Å². The smallest absolute Gasteiger partial charge is 0.316 e. The molecule has 0 heterocycles. The number of azo groups is 1. The van der Waals surface area contributed by atoms with Crippen molar-refractivity contribution < 1.29 is 40.9 Å². The number of carboxylic acids is 1. The predicted molar refractivity (Wildman–Crippen MR) is 106 cm³/mol. The first-order valence-electron chi connectivity index (χ1n) is 8.33. The highest BCUT2D eigenvalue weighted by Crippen LogP contribution is 2.37. The van der Waals surface area contributed by atoms with Crippen LogP contribution in [0.5, 0.6) is 0 Å². The Morgan fingerprint density at radius 3 is 1.74 bits per heavy atom. The number of hydrogen-bond donors (Lipinski definition) is 4. The maximum absolute atomic E-state index is 11.6. The summed E-state index contributed by atoms with van der Waals surface area (Å²) in [5, 5.41) is 27.5. The van der Waals surface area contributed by atoms with Crippen LogP contribution in [0.4, 0.5) is 5.69 Å². The highest BCUT2D eigenvalue weighted by molar-refractivity contribution is 7.86. The predicted octanol–water partition coefficient (Wildman–Crippen LogP) is 2.83. The zero-order valence-corrected chi connectivity index (χ0v) is 16.9. The van der Waals surface area contributed by atoms with Gasteiger partial charge in [-0.3, -0.25) is 13.9 Å². The van der Waals surface area contributed by atoms with E-state index in [2.05, 4.69) is 10.2 Å². The van der Waals surface area contributed by atoms with Gasteiger partial charge in [0.15, 0.2) is 0 Å². The molecule has 1 unspecified atom stereocenters. The minimum Gasteiger partial charge on any atom is -0.505 e. The minimum atomic E-state index is -4.42. The summed E-state index contributed by atoms with van der Waals surface area (Å²) in [5.74, 6) is -3.17. The molecular weight excluding hydrogens is 452 g/mol. The van der Waals surface area contributed by atoms with Crippen molar-refractivity contribution >= 4 is 37.5 Å². The van der Waals surface area contributed by atoms with Crippen molar-refractivity contribution in [1.29, 1.82) is 0 Å². The van der Waals surface area contributed by atoms with Crippen molar-refractivity contribution in [2.75, 3.05) is 0 Å². The highest BCUT2D eigenvalue weighted by atomic mass is 32.2. The van der Waals surface area contributed by atoms with Crippen LogP contribution in [0.1, 0.15) is 5.56 Å². The van der Waals surface area contributed by atoms with Gasteiger partial charge in [-0.05, 0) is 42.0 Å². The zero-order chi connectivity index (χ0) is 23.0. The largest absolute Gasteiger partial charge is 0.505 e. The van der Waals surface area contributed by atoms with Gasteiger partial charge in [0.25, 0.3) is 20.2 Å². The van der Waals surface area contributed by atoms with Crippen molar-refractivity contribution in [3.63, 3.8) is 0 Å². The molecule has 0 aromatic heterocycles. The number of carboxylic acid groups (broad SMARTS) is 1. The van der Waals surface area contributed by atoms with Gasteiger partial charge in [0.2, 0.25) is 0 Å². The van der Waals surface area contributed by atoms with E-state index in [0.29, 0.717) is 0 Å². The number of aliphatic hydroxyl groups is 1. The average molecular weight is 466 g/mol. The van der Waals surface area contributed by atoms with Gasteiger partial charge in [0, 0.05) is 5.57 Å². The van der Waals surface area contributed by atoms with E-state index in [1.54, 1.807) is 0 Å². The average Bonchev–Trinajstić information content (AvgIpc) is 3.02. The van der Waals surface area contributed by atoms with E-state index in [1.807, 2.05) is 0 Å². The molecule has 1 aliphatic rings. The molecule has 0 fully saturated rings. The van der Waals surface area contributed by atoms with Crippen molar-refractivity contribution in [3.8, 4) is 0 Å². The Morgan fingerprint density at radius 2 is 1.29 bits per heavy atom. The van der Waals surface area contributed by atoms with Crippen molar-refractivity contribution in [3.05, 3.63) is 71.6 Å². The van der Waals surface area contributed by atoms with Crippen LogP contribution in [-0.4, -0.2) is 42.1 Å². The van der Waals surface area contributed by atoms with Crippen LogP contribution < -0.4 is 0 Å². The third-order valence-corrected chi connectivity index (χ3v) is 6.00.